The van der Waals surface area contributed by atoms with Gasteiger partial charge in [0.05, 0.1) is 10.8 Å². The van der Waals surface area contributed by atoms with Gasteiger partial charge < -0.3 is 10.2 Å². The Morgan fingerprint density at radius 3 is 2.77 bits per heavy atom. The van der Waals surface area contributed by atoms with Gasteiger partial charge in [0, 0.05) is 13.1 Å². The lowest BCUT2D eigenvalue weighted by atomic mass is 9.97. The normalized spacial score (nSPS) is 20.5. The molecule has 122 valence electrons. The first-order valence-corrected chi connectivity index (χ1v) is 7.87. The van der Waals surface area contributed by atoms with E-state index < -0.39 is 24.0 Å². The predicted molar refractivity (Wildman–Crippen MR) is 76.6 cm³/mol. The number of rotatable bonds is 3. The molecule has 0 bridgehead atoms. The molecule has 0 aliphatic carbocycles. The largest absolute Gasteiger partial charge is 0.393 e. The Kier molecular flexibility index (Phi) is 5.10. The molecule has 1 fully saturated rings. The van der Waals surface area contributed by atoms with E-state index in [2.05, 4.69) is 5.32 Å². The molecule has 2 amide bonds. The van der Waals surface area contributed by atoms with Crippen LogP contribution in [0.1, 0.15) is 29.4 Å². The molecule has 2 heterocycles. The molecule has 1 aromatic heterocycles. The fraction of sp³-hybridized carbons (Fsp3) is 0.571. The standard InChI is InChI=1S/C14H17F3N2O2S/c1-9(18-12(20)11-5-3-7-22-11)13(21)19-6-2-4-10(8-19)14(15,16)17/h3,5,7,9-10H,2,4,6,8H2,1H3,(H,18,20)/t9-,10+/m0/s1. The van der Waals surface area contributed by atoms with Crippen LogP contribution in [0.5, 0.6) is 0 Å². The van der Waals surface area contributed by atoms with E-state index in [0.717, 1.165) is 0 Å². The van der Waals surface area contributed by atoms with E-state index in [0.29, 0.717) is 17.8 Å². The Morgan fingerprint density at radius 1 is 1.45 bits per heavy atom. The minimum atomic E-state index is -4.29. The predicted octanol–water partition coefficient (Wildman–Crippen LogP) is 2.67. The summed E-state index contributed by atoms with van der Waals surface area (Å²) >= 11 is 1.24. The highest BCUT2D eigenvalue weighted by Gasteiger charge is 2.43. The number of likely N-dealkylation sites (tertiary alicyclic amines) is 1. The van der Waals surface area contributed by atoms with E-state index in [4.69, 9.17) is 0 Å². The molecule has 1 N–H and O–H groups in total. The maximum atomic E-state index is 12.8. The Labute approximate surface area is 130 Å². The molecule has 22 heavy (non-hydrogen) atoms. The van der Waals surface area contributed by atoms with Crippen LogP contribution in [0.4, 0.5) is 13.2 Å². The number of nitrogens with zero attached hydrogens (tertiary/aromatic N) is 1. The van der Waals surface area contributed by atoms with Gasteiger partial charge in [-0.15, -0.1) is 11.3 Å². The minimum absolute atomic E-state index is 0.0449. The fourth-order valence-corrected chi connectivity index (χ4v) is 3.08. The maximum Gasteiger partial charge on any atom is 0.393 e. The van der Waals surface area contributed by atoms with Crippen LogP contribution >= 0.6 is 11.3 Å². The summed E-state index contributed by atoms with van der Waals surface area (Å²) < 4.78 is 38.3. The van der Waals surface area contributed by atoms with Crippen molar-refractivity contribution in [3.05, 3.63) is 22.4 Å². The summed E-state index contributed by atoms with van der Waals surface area (Å²) in [5, 5.41) is 4.27. The lowest BCUT2D eigenvalue weighted by molar-refractivity contribution is -0.188. The fourth-order valence-electron chi connectivity index (χ4n) is 2.46. The van der Waals surface area contributed by atoms with Crippen molar-refractivity contribution >= 4 is 23.2 Å². The number of hydrogen-bond acceptors (Lipinski definition) is 3. The Bertz CT molecular complexity index is 531. The molecule has 1 aliphatic heterocycles. The highest BCUT2D eigenvalue weighted by atomic mass is 32.1. The first-order chi connectivity index (χ1) is 10.3. The lowest BCUT2D eigenvalue weighted by Crippen LogP contribution is -2.51. The molecule has 1 aromatic rings. The van der Waals surface area contributed by atoms with Gasteiger partial charge in [0.25, 0.3) is 5.91 Å². The molecule has 2 rings (SSSR count). The average molecular weight is 334 g/mol. The van der Waals surface area contributed by atoms with Crippen LogP contribution in [0.25, 0.3) is 0 Å². The Morgan fingerprint density at radius 2 is 2.18 bits per heavy atom. The van der Waals surface area contributed by atoms with E-state index in [1.54, 1.807) is 17.5 Å². The molecule has 4 nitrogen and oxygen atoms in total. The van der Waals surface area contributed by atoms with Gasteiger partial charge in [0.1, 0.15) is 6.04 Å². The van der Waals surface area contributed by atoms with Crippen LogP contribution in [0.2, 0.25) is 0 Å². The zero-order valence-corrected chi connectivity index (χ0v) is 12.8. The third-order valence-corrected chi connectivity index (χ3v) is 4.53. The summed E-state index contributed by atoms with van der Waals surface area (Å²) in [5.74, 6) is -2.34. The van der Waals surface area contributed by atoms with E-state index in [-0.39, 0.29) is 18.9 Å². The number of piperidine rings is 1. The summed E-state index contributed by atoms with van der Waals surface area (Å²) in [7, 11) is 0. The smallest absolute Gasteiger partial charge is 0.340 e. The van der Waals surface area contributed by atoms with Crippen LogP contribution < -0.4 is 5.32 Å². The number of nitrogens with one attached hydrogen (secondary N) is 1. The van der Waals surface area contributed by atoms with Gasteiger partial charge in [0.2, 0.25) is 5.91 Å². The van der Waals surface area contributed by atoms with Gasteiger partial charge in [-0.1, -0.05) is 6.07 Å². The van der Waals surface area contributed by atoms with E-state index in [1.807, 2.05) is 0 Å². The second-order valence-corrected chi connectivity index (χ2v) is 6.29. The topological polar surface area (TPSA) is 49.4 Å². The lowest BCUT2D eigenvalue weighted by Gasteiger charge is -2.35. The van der Waals surface area contributed by atoms with Crippen LogP contribution in [-0.4, -0.2) is 42.0 Å². The molecule has 2 atom stereocenters. The molecule has 0 radical (unpaired) electrons. The molecule has 0 spiro atoms. The molecule has 0 aromatic carbocycles. The average Bonchev–Trinajstić information content (AvgIpc) is 3.00. The first-order valence-electron chi connectivity index (χ1n) is 6.99. The van der Waals surface area contributed by atoms with Gasteiger partial charge in [-0.25, -0.2) is 0 Å². The highest BCUT2D eigenvalue weighted by Crippen LogP contribution is 2.33. The van der Waals surface area contributed by atoms with Gasteiger partial charge in [-0.05, 0) is 31.2 Å². The number of amides is 2. The number of carbonyl (C=O) groups is 2. The molecule has 0 saturated carbocycles. The second-order valence-electron chi connectivity index (χ2n) is 5.34. The number of carbonyl (C=O) groups excluding carboxylic acids is 2. The Hall–Kier alpha value is -1.57. The molecule has 1 saturated heterocycles. The summed E-state index contributed by atoms with van der Waals surface area (Å²) in [6.45, 7) is 1.46. The highest BCUT2D eigenvalue weighted by molar-refractivity contribution is 7.12. The van der Waals surface area contributed by atoms with E-state index in [9.17, 15) is 22.8 Å². The van der Waals surface area contributed by atoms with Crippen LogP contribution in [0.3, 0.4) is 0 Å². The van der Waals surface area contributed by atoms with Crippen molar-refractivity contribution in [1.29, 1.82) is 0 Å². The van der Waals surface area contributed by atoms with Crippen molar-refractivity contribution in [1.82, 2.24) is 10.2 Å². The van der Waals surface area contributed by atoms with E-state index in [1.165, 1.54) is 23.2 Å². The van der Waals surface area contributed by atoms with Gasteiger partial charge in [-0.3, -0.25) is 9.59 Å². The van der Waals surface area contributed by atoms with Gasteiger partial charge in [0.15, 0.2) is 0 Å². The number of thiophene rings is 1. The third-order valence-electron chi connectivity index (χ3n) is 3.66. The van der Waals surface area contributed by atoms with Crippen LogP contribution in [0.15, 0.2) is 17.5 Å². The van der Waals surface area contributed by atoms with Crippen molar-refractivity contribution in [2.24, 2.45) is 5.92 Å². The summed E-state index contributed by atoms with van der Waals surface area (Å²) in [5.41, 5.74) is 0. The van der Waals surface area contributed by atoms with Crippen molar-refractivity contribution in [3.63, 3.8) is 0 Å². The van der Waals surface area contributed by atoms with Gasteiger partial charge in [-0.2, -0.15) is 13.2 Å². The van der Waals surface area contributed by atoms with Crippen molar-refractivity contribution < 1.29 is 22.8 Å². The zero-order valence-electron chi connectivity index (χ0n) is 12.0. The number of hydrogen-bond donors (Lipinski definition) is 1. The minimum Gasteiger partial charge on any atom is -0.340 e. The SMILES string of the molecule is C[C@H](NC(=O)c1cccs1)C(=O)N1CCC[C@@H](C(F)(F)F)C1. The first kappa shape index (κ1) is 16.8. The number of halogens is 3. The molecular weight excluding hydrogens is 317 g/mol. The Balaban J connectivity index is 1.94. The maximum absolute atomic E-state index is 12.8. The van der Waals surface area contributed by atoms with Crippen molar-refractivity contribution in [2.75, 3.05) is 13.1 Å². The summed E-state index contributed by atoms with van der Waals surface area (Å²) in [4.78, 5) is 25.8. The molecule has 8 heteroatoms. The van der Waals surface area contributed by atoms with E-state index >= 15 is 0 Å². The van der Waals surface area contributed by atoms with Crippen LogP contribution in [-0.2, 0) is 4.79 Å². The summed E-state index contributed by atoms with van der Waals surface area (Å²) in [6, 6.07) is 2.49. The molecule has 1 aliphatic rings. The molecular formula is C14H17F3N2O2S. The van der Waals surface area contributed by atoms with Crippen molar-refractivity contribution in [3.8, 4) is 0 Å². The monoisotopic (exact) mass is 334 g/mol. The zero-order chi connectivity index (χ0) is 16.3. The van der Waals surface area contributed by atoms with Crippen molar-refractivity contribution in [2.45, 2.75) is 32.0 Å². The third kappa shape index (κ3) is 4.00. The quantitative estimate of drug-likeness (QED) is 0.924. The molecule has 0 unspecified atom stereocenters. The van der Waals surface area contributed by atoms with Gasteiger partial charge >= 0.3 is 6.18 Å². The summed E-state index contributed by atoms with van der Waals surface area (Å²) in [6.07, 6.45) is -3.92. The second kappa shape index (κ2) is 6.68. The number of alkyl halides is 3. The van der Waals surface area contributed by atoms with Crippen LogP contribution in [0, 0.1) is 5.92 Å².